The maximum Gasteiger partial charge on any atom is 0.137 e. The van der Waals surface area contributed by atoms with Gasteiger partial charge in [0.1, 0.15) is 17.9 Å². The van der Waals surface area contributed by atoms with Crippen LogP contribution in [-0.4, -0.2) is 37.5 Å². The molecule has 1 aromatic heterocycles. The minimum absolute atomic E-state index is 0.111. The summed E-state index contributed by atoms with van der Waals surface area (Å²) in [7, 11) is 0. The van der Waals surface area contributed by atoms with Crippen LogP contribution in [0.4, 0.5) is 0 Å². The monoisotopic (exact) mass is 400 g/mol. The fourth-order valence-corrected chi connectivity index (χ4v) is 4.36. The van der Waals surface area contributed by atoms with Gasteiger partial charge in [-0.2, -0.15) is 5.26 Å². The largest absolute Gasteiger partial charge is 0.489 e. The number of fused-ring (bicyclic) bond motifs is 1. The third-order valence-corrected chi connectivity index (χ3v) is 6.00. The second-order valence-corrected chi connectivity index (χ2v) is 7.87. The van der Waals surface area contributed by atoms with E-state index in [1.165, 1.54) is 11.1 Å². The first-order valence-electron chi connectivity index (χ1n) is 10.6. The summed E-state index contributed by atoms with van der Waals surface area (Å²) in [5, 5.41) is 9.73. The Bertz CT molecular complexity index is 1060. The highest BCUT2D eigenvalue weighted by Crippen LogP contribution is 2.37. The molecule has 0 atom stereocenters. The van der Waals surface area contributed by atoms with E-state index in [4.69, 9.17) is 14.2 Å². The molecule has 1 aromatic carbocycles. The lowest BCUT2D eigenvalue weighted by molar-refractivity contribution is 0.0254. The zero-order chi connectivity index (χ0) is 20.3. The Morgan fingerprint density at radius 2 is 1.97 bits per heavy atom. The Kier molecular flexibility index (Phi) is 5.35. The second kappa shape index (κ2) is 8.43. The van der Waals surface area contributed by atoms with Gasteiger partial charge in [0.25, 0.3) is 0 Å². The fourth-order valence-electron chi connectivity index (χ4n) is 4.36. The van der Waals surface area contributed by atoms with Crippen LogP contribution in [-0.2, 0) is 15.9 Å². The van der Waals surface area contributed by atoms with E-state index in [9.17, 15) is 5.26 Å². The van der Waals surface area contributed by atoms with Gasteiger partial charge < -0.3 is 14.2 Å². The van der Waals surface area contributed by atoms with E-state index in [-0.39, 0.29) is 6.10 Å². The highest BCUT2D eigenvalue weighted by atomic mass is 16.5. The Hall–Kier alpha value is -2.94. The molecule has 5 rings (SSSR count). The van der Waals surface area contributed by atoms with Gasteiger partial charge in [-0.3, -0.25) is 4.98 Å². The average molecular weight is 400 g/mol. The predicted molar refractivity (Wildman–Crippen MR) is 114 cm³/mol. The van der Waals surface area contributed by atoms with Gasteiger partial charge in [-0.15, -0.1) is 0 Å². The van der Waals surface area contributed by atoms with Crippen LogP contribution in [0.5, 0.6) is 5.75 Å². The number of aromatic nitrogens is 1. The van der Waals surface area contributed by atoms with Crippen LogP contribution in [0.2, 0.25) is 0 Å². The van der Waals surface area contributed by atoms with Crippen LogP contribution < -0.4 is 4.74 Å². The normalized spacial score (nSPS) is 18.9. The molecule has 0 unspecified atom stereocenters. The highest BCUT2D eigenvalue weighted by Gasteiger charge is 2.22. The summed E-state index contributed by atoms with van der Waals surface area (Å²) in [4.78, 5) is 4.62. The number of allylic oxidation sites excluding steroid dienone is 1. The van der Waals surface area contributed by atoms with Crippen molar-refractivity contribution in [1.82, 2.24) is 4.98 Å². The maximum atomic E-state index is 9.73. The molecule has 5 nitrogen and oxygen atoms in total. The summed E-state index contributed by atoms with van der Waals surface area (Å²) in [5.74, 6) is 0.655. The number of hydrogen-bond acceptors (Lipinski definition) is 5. The van der Waals surface area contributed by atoms with Crippen LogP contribution in [0.3, 0.4) is 0 Å². The molecule has 152 valence electrons. The summed E-state index contributed by atoms with van der Waals surface area (Å²) in [6.07, 6.45) is 9.93. The summed E-state index contributed by atoms with van der Waals surface area (Å²) < 4.78 is 17.0. The Morgan fingerprint density at radius 3 is 2.77 bits per heavy atom. The third-order valence-electron chi connectivity index (χ3n) is 6.00. The quantitative estimate of drug-likeness (QED) is 0.758. The number of pyridine rings is 1. The molecule has 2 aliphatic heterocycles. The lowest BCUT2D eigenvalue weighted by Crippen LogP contribution is -2.26. The van der Waals surface area contributed by atoms with Crippen molar-refractivity contribution in [1.29, 1.82) is 5.26 Å². The fraction of sp³-hybridized carbons (Fsp3) is 0.360. The molecule has 0 saturated carbocycles. The van der Waals surface area contributed by atoms with Crippen LogP contribution in [0.15, 0.2) is 47.7 Å². The molecule has 0 spiro atoms. The first kappa shape index (κ1) is 19.0. The molecule has 2 aromatic rings. The van der Waals surface area contributed by atoms with Gasteiger partial charge in [0, 0.05) is 31.0 Å². The number of ether oxygens (including phenoxy) is 3. The van der Waals surface area contributed by atoms with Gasteiger partial charge in [-0.25, -0.2) is 0 Å². The van der Waals surface area contributed by atoms with E-state index in [1.807, 2.05) is 30.5 Å². The number of rotatable bonds is 4. The zero-order valence-electron chi connectivity index (χ0n) is 16.9. The topological polar surface area (TPSA) is 64.4 Å². The smallest absolute Gasteiger partial charge is 0.137 e. The van der Waals surface area contributed by atoms with E-state index in [1.54, 1.807) is 0 Å². The molecule has 0 bridgehead atoms. The predicted octanol–water partition coefficient (Wildman–Crippen LogP) is 4.46. The number of nitriles is 1. The Labute approximate surface area is 176 Å². The maximum absolute atomic E-state index is 9.73. The second-order valence-electron chi connectivity index (χ2n) is 7.87. The Morgan fingerprint density at radius 1 is 1.07 bits per heavy atom. The van der Waals surface area contributed by atoms with E-state index in [0.29, 0.717) is 31.1 Å². The molecule has 1 fully saturated rings. The van der Waals surface area contributed by atoms with Crippen molar-refractivity contribution in [3.05, 3.63) is 64.5 Å². The average Bonchev–Trinajstić information content (AvgIpc) is 3.25. The van der Waals surface area contributed by atoms with Gasteiger partial charge >= 0.3 is 0 Å². The van der Waals surface area contributed by atoms with Gasteiger partial charge in [0.2, 0.25) is 0 Å². The molecule has 5 heteroatoms. The number of benzene rings is 1. The lowest BCUT2D eigenvalue weighted by Gasteiger charge is -2.24. The van der Waals surface area contributed by atoms with Gasteiger partial charge in [0.05, 0.1) is 37.7 Å². The molecule has 0 amide bonds. The SMILES string of the molecule is N#Cc1cc(-c2ccnc3c2C=C(C2=CCOCC2)C3)ccc1OC1CCOCC1. The van der Waals surface area contributed by atoms with Crippen molar-refractivity contribution in [2.24, 2.45) is 0 Å². The van der Waals surface area contributed by atoms with Crippen molar-refractivity contribution in [3.63, 3.8) is 0 Å². The minimum Gasteiger partial charge on any atom is -0.489 e. The number of nitrogens with zero attached hydrogens (tertiary/aromatic N) is 2. The molecule has 30 heavy (non-hydrogen) atoms. The van der Waals surface area contributed by atoms with Crippen molar-refractivity contribution in [2.75, 3.05) is 26.4 Å². The van der Waals surface area contributed by atoms with E-state index in [2.05, 4.69) is 23.2 Å². The first-order valence-corrected chi connectivity index (χ1v) is 10.6. The van der Waals surface area contributed by atoms with Gasteiger partial charge in [-0.1, -0.05) is 12.1 Å². The van der Waals surface area contributed by atoms with Crippen LogP contribution in [0, 0.1) is 11.3 Å². The molecule has 1 aliphatic carbocycles. The summed E-state index contributed by atoms with van der Waals surface area (Å²) in [6.45, 7) is 2.89. The van der Waals surface area contributed by atoms with E-state index < -0.39 is 0 Å². The van der Waals surface area contributed by atoms with Crippen molar-refractivity contribution in [2.45, 2.75) is 31.8 Å². The highest BCUT2D eigenvalue weighted by molar-refractivity contribution is 5.82. The van der Waals surface area contributed by atoms with Crippen LogP contribution >= 0.6 is 0 Å². The molecule has 0 radical (unpaired) electrons. The zero-order valence-corrected chi connectivity index (χ0v) is 16.9. The van der Waals surface area contributed by atoms with Gasteiger partial charge in [0.15, 0.2) is 0 Å². The summed E-state index contributed by atoms with van der Waals surface area (Å²) in [6, 6.07) is 10.3. The number of hydrogen-bond donors (Lipinski definition) is 0. The Balaban J connectivity index is 1.45. The lowest BCUT2D eigenvalue weighted by atomic mass is 9.98. The van der Waals surface area contributed by atoms with Crippen LogP contribution in [0.25, 0.3) is 17.2 Å². The molecule has 3 aliphatic rings. The first-order chi connectivity index (χ1) is 14.8. The van der Waals surface area contributed by atoms with Crippen LogP contribution in [0.1, 0.15) is 36.1 Å². The van der Waals surface area contributed by atoms with E-state index in [0.717, 1.165) is 54.7 Å². The van der Waals surface area contributed by atoms with E-state index >= 15 is 0 Å². The molecule has 3 heterocycles. The molecule has 0 N–H and O–H groups in total. The van der Waals surface area contributed by atoms with Crippen molar-refractivity contribution >= 4 is 6.08 Å². The minimum atomic E-state index is 0.111. The summed E-state index contributed by atoms with van der Waals surface area (Å²) >= 11 is 0. The molecular weight excluding hydrogens is 376 g/mol. The van der Waals surface area contributed by atoms with Crippen molar-refractivity contribution < 1.29 is 14.2 Å². The van der Waals surface area contributed by atoms with Crippen molar-refractivity contribution in [3.8, 4) is 22.9 Å². The standard InChI is InChI=1S/C25H24N2O3/c26-16-20-13-18(1-2-25(20)30-21-6-11-29-12-7-21)22-3-8-27-24-15-19(14-23(22)24)17-4-9-28-10-5-17/h1-4,8,13-14,21H,5-7,9-12,15H2. The summed E-state index contributed by atoms with van der Waals surface area (Å²) in [5.41, 5.74) is 7.63. The van der Waals surface area contributed by atoms with Gasteiger partial charge in [-0.05, 0) is 53.0 Å². The molecular formula is C25H24N2O3. The molecule has 1 saturated heterocycles. The third kappa shape index (κ3) is 3.77.